The number of hydrogen-bond donors (Lipinski definition) is 2. The van der Waals surface area contributed by atoms with Crippen molar-refractivity contribution < 1.29 is 22.7 Å². The minimum Gasteiger partial charge on any atom is -0.505 e. The van der Waals surface area contributed by atoms with Crippen molar-refractivity contribution in [3.05, 3.63) is 129 Å². The number of benzene rings is 4. The van der Waals surface area contributed by atoms with Crippen molar-refractivity contribution in [2.75, 3.05) is 0 Å². The van der Waals surface area contributed by atoms with Crippen molar-refractivity contribution in [3.8, 4) is 5.75 Å². The molecule has 202 valence electrons. The molecule has 1 unspecified atom stereocenters. The van der Waals surface area contributed by atoms with Crippen molar-refractivity contribution in [3.63, 3.8) is 0 Å². The van der Waals surface area contributed by atoms with Gasteiger partial charge in [0.2, 0.25) is 10.0 Å². The standard InChI is InChI=1S/C29H25Cl2FN2O4S/c1-19(22-5-3-2-4-6-22)33-29(36)23-11-7-20(8-12-23)17-34(18-21-9-13-25(32)14-10-21)39(37,38)27-16-24(30)15-26(31)28(27)35/h2-16,19,35H,17-18H2,1H3,(H,33,36). The maximum Gasteiger partial charge on any atom is 0.251 e. The lowest BCUT2D eigenvalue weighted by molar-refractivity contribution is 0.0940. The van der Waals surface area contributed by atoms with Crippen molar-refractivity contribution in [2.24, 2.45) is 0 Å². The summed E-state index contributed by atoms with van der Waals surface area (Å²) < 4.78 is 41.9. The molecule has 0 radical (unpaired) electrons. The Hall–Kier alpha value is -3.43. The summed E-state index contributed by atoms with van der Waals surface area (Å²) in [6.45, 7) is 1.66. The minimum atomic E-state index is -4.31. The summed E-state index contributed by atoms with van der Waals surface area (Å²) >= 11 is 12.0. The molecule has 0 saturated heterocycles. The van der Waals surface area contributed by atoms with Crippen LogP contribution in [0.2, 0.25) is 10.0 Å². The molecule has 0 aromatic heterocycles. The van der Waals surface area contributed by atoms with Gasteiger partial charge in [0.15, 0.2) is 5.75 Å². The van der Waals surface area contributed by atoms with Crippen LogP contribution in [-0.2, 0) is 23.1 Å². The monoisotopic (exact) mass is 586 g/mol. The second kappa shape index (κ2) is 12.2. The highest BCUT2D eigenvalue weighted by Gasteiger charge is 2.29. The summed E-state index contributed by atoms with van der Waals surface area (Å²) in [5, 5.41) is 13.2. The van der Waals surface area contributed by atoms with Crippen LogP contribution in [0.15, 0.2) is 95.9 Å². The Morgan fingerprint density at radius 3 is 2.08 bits per heavy atom. The molecule has 4 aromatic rings. The van der Waals surface area contributed by atoms with E-state index in [-0.39, 0.29) is 35.1 Å². The smallest absolute Gasteiger partial charge is 0.251 e. The van der Waals surface area contributed by atoms with Crippen LogP contribution in [0.3, 0.4) is 0 Å². The molecule has 0 saturated carbocycles. The molecule has 0 aliphatic carbocycles. The summed E-state index contributed by atoms with van der Waals surface area (Å²) in [7, 11) is -4.31. The molecule has 0 heterocycles. The molecule has 4 aromatic carbocycles. The minimum absolute atomic E-state index is 0.0400. The highest BCUT2D eigenvalue weighted by atomic mass is 35.5. The van der Waals surface area contributed by atoms with E-state index in [0.29, 0.717) is 16.7 Å². The van der Waals surface area contributed by atoms with Gasteiger partial charge in [0.1, 0.15) is 10.7 Å². The molecule has 0 spiro atoms. The maximum atomic E-state index is 13.7. The molecule has 10 heteroatoms. The van der Waals surface area contributed by atoms with Gasteiger partial charge in [-0.25, -0.2) is 12.8 Å². The highest BCUT2D eigenvalue weighted by Crippen LogP contribution is 2.36. The fraction of sp³-hybridized carbons (Fsp3) is 0.138. The Bertz CT molecular complexity index is 1570. The number of carbonyl (C=O) groups excluding carboxylic acids is 1. The molecule has 0 aliphatic rings. The zero-order valence-electron chi connectivity index (χ0n) is 20.8. The SMILES string of the molecule is CC(NC(=O)c1ccc(CN(Cc2ccc(F)cc2)S(=O)(=O)c2cc(Cl)cc(Cl)c2O)cc1)c1ccccc1. The van der Waals surface area contributed by atoms with E-state index in [9.17, 15) is 22.7 Å². The lowest BCUT2D eigenvalue weighted by Gasteiger charge is -2.23. The molecule has 0 fully saturated rings. The number of hydrogen-bond acceptors (Lipinski definition) is 4. The third kappa shape index (κ3) is 6.96. The van der Waals surface area contributed by atoms with E-state index in [4.69, 9.17) is 23.2 Å². The van der Waals surface area contributed by atoms with Crippen molar-refractivity contribution in [1.29, 1.82) is 0 Å². The average molecular weight is 588 g/mol. The van der Waals surface area contributed by atoms with Gasteiger partial charge in [-0.2, -0.15) is 4.31 Å². The van der Waals surface area contributed by atoms with Gasteiger partial charge in [0.25, 0.3) is 5.91 Å². The third-order valence-corrected chi connectivity index (χ3v) is 8.42. The van der Waals surface area contributed by atoms with Crippen LogP contribution in [-0.4, -0.2) is 23.7 Å². The fourth-order valence-electron chi connectivity index (χ4n) is 3.97. The molecule has 0 aliphatic heterocycles. The number of halogens is 3. The van der Waals surface area contributed by atoms with Crippen LogP contribution in [0.4, 0.5) is 4.39 Å². The van der Waals surface area contributed by atoms with Gasteiger partial charge >= 0.3 is 0 Å². The van der Waals surface area contributed by atoms with E-state index in [0.717, 1.165) is 15.9 Å². The normalized spacial score (nSPS) is 12.3. The van der Waals surface area contributed by atoms with Gasteiger partial charge < -0.3 is 10.4 Å². The van der Waals surface area contributed by atoms with Crippen LogP contribution in [0, 0.1) is 5.82 Å². The van der Waals surface area contributed by atoms with Gasteiger partial charge in [-0.15, -0.1) is 0 Å². The van der Waals surface area contributed by atoms with Crippen LogP contribution in [0.5, 0.6) is 5.75 Å². The van der Waals surface area contributed by atoms with Gasteiger partial charge in [-0.3, -0.25) is 4.79 Å². The van der Waals surface area contributed by atoms with Gasteiger partial charge in [-0.1, -0.05) is 77.8 Å². The van der Waals surface area contributed by atoms with Crippen molar-refractivity contribution in [1.82, 2.24) is 9.62 Å². The number of amides is 1. The van der Waals surface area contributed by atoms with E-state index in [1.165, 1.54) is 30.3 Å². The molecule has 6 nitrogen and oxygen atoms in total. The predicted molar refractivity (Wildman–Crippen MR) is 150 cm³/mol. The first-order chi connectivity index (χ1) is 18.5. The summed E-state index contributed by atoms with van der Waals surface area (Å²) in [6, 6.07) is 23.7. The second-order valence-corrected chi connectivity index (χ2v) is 11.7. The first kappa shape index (κ1) is 28.6. The summed E-state index contributed by atoms with van der Waals surface area (Å²) in [4.78, 5) is 12.3. The Kier molecular flexibility index (Phi) is 8.92. The topological polar surface area (TPSA) is 86.7 Å². The van der Waals surface area contributed by atoms with Crippen LogP contribution in [0.25, 0.3) is 0 Å². The summed E-state index contributed by atoms with van der Waals surface area (Å²) in [5.41, 5.74) is 2.49. The predicted octanol–water partition coefficient (Wildman–Crippen LogP) is 6.72. The Labute approximate surface area is 236 Å². The summed E-state index contributed by atoms with van der Waals surface area (Å²) in [5.74, 6) is -1.35. The molecule has 2 N–H and O–H groups in total. The van der Waals surface area contributed by atoms with Gasteiger partial charge in [0.05, 0.1) is 11.1 Å². The van der Waals surface area contributed by atoms with Crippen molar-refractivity contribution in [2.45, 2.75) is 31.0 Å². The number of phenolic OH excluding ortho intramolecular Hbond substituents is 1. The number of nitrogens with zero attached hydrogens (tertiary/aromatic N) is 1. The number of sulfonamides is 1. The van der Waals surface area contributed by atoms with Gasteiger partial charge in [0, 0.05) is 23.7 Å². The van der Waals surface area contributed by atoms with E-state index in [2.05, 4.69) is 5.32 Å². The molecule has 1 amide bonds. The Balaban J connectivity index is 1.59. The Morgan fingerprint density at radius 1 is 0.923 bits per heavy atom. The first-order valence-corrected chi connectivity index (χ1v) is 14.1. The fourth-order valence-corrected chi connectivity index (χ4v) is 6.13. The zero-order chi connectivity index (χ0) is 28.2. The number of rotatable bonds is 9. The molecule has 0 bridgehead atoms. The van der Waals surface area contributed by atoms with E-state index < -0.39 is 26.5 Å². The number of phenols is 1. The second-order valence-electron chi connectivity index (χ2n) is 8.94. The molecule has 39 heavy (non-hydrogen) atoms. The van der Waals surface area contributed by atoms with Gasteiger partial charge in [-0.05, 0) is 60.0 Å². The molecular formula is C29H25Cl2FN2O4S. The first-order valence-electron chi connectivity index (χ1n) is 11.9. The molecule has 1 atom stereocenters. The van der Waals surface area contributed by atoms with E-state index >= 15 is 0 Å². The summed E-state index contributed by atoms with van der Waals surface area (Å²) in [6.07, 6.45) is 0. The number of aromatic hydroxyl groups is 1. The number of carbonyl (C=O) groups is 1. The largest absolute Gasteiger partial charge is 0.505 e. The van der Waals surface area contributed by atoms with Crippen molar-refractivity contribution >= 4 is 39.1 Å². The van der Waals surface area contributed by atoms with Crippen LogP contribution >= 0.6 is 23.2 Å². The quantitative estimate of drug-likeness (QED) is 0.228. The molecular weight excluding hydrogens is 562 g/mol. The lowest BCUT2D eigenvalue weighted by Crippen LogP contribution is -2.30. The zero-order valence-corrected chi connectivity index (χ0v) is 23.1. The lowest BCUT2D eigenvalue weighted by atomic mass is 10.1. The molecule has 4 rings (SSSR count). The third-order valence-electron chi connectivity index (χ3n) is 6.11. The van der Waals surface area contributed by atoms with Crippen LogP contribution < -0.4 is 5.32 Å². The highest BCUT2D eigenvalue weighted by molar-refractivity contribution is 7.89. The Morgan fingerprint density at radius 2 is 1.49 bits per heavy atom. The maximum absolute atomic E-state index is 13.7. The number of nitrogens with one attached hydrogen (secondary N) is 1. The van der Waals surface area contributed by atoms with Crippen LogP contribution in [0.1, 0.15) is 40.0 Å². The average Bonchev–Trinajstić information content (AvgIpc) is 2.92. The van der Waals surface area contributed by atoms with E-state index in [1.807, 2.05) is 37.3 Å². The van der Waals surface area contributed by atoms with E-state index in [1.54, 1.807) is 24.3 Å².